The van der Waals surface area contributed by atoms with E-state index in [1.165, 1.54) is 14.2 Å². The van der Waals surface area contributed by atoms with E-state index in [2.05, 4.69) is 10.1 Å². The molecule has 0 spiro atoms. The van der Waals surface area contributed by atoms with Crippen LogP contribution in [0.2, 0.25) is 0 Å². The van der Waals surface area contributed by atoms with Crippen LogP contribution in [0.15, 0.2) is 30.0 Å². The third-order valence-corrected chi connectivity index (χ3v) is 4.31. The summed E-state index contributed by atoms with van der Waals surface area (Å²) in [6, 6.07) is 5.67. The summed E-state index contributed by atoms with van der Waals surface area (Å²) < 4.78 is 14.7. The van der Waals surface area contributed by atoms with Crippen LogP contribution in [0.5, 0.6) is 0 Å². The molecule has 8 nitrogen and oxygen atoms in total. The topological polar surface area (TPSA) is 94.2 Å². The highest BCUT2D eigenvalue weighted by molar-refractivity contribution is 5.98. The first-order valence-electron chi connectivity index (χ1n) is 9.37. The number of hydrogen-bond acceptors (Lipinski definition) is 7. The van der Waals surface area contributed by atoms with Gasteiger partial charge in [0.25, 0.3) is 0 Å². The molecular formula is C21H28N2O6. The van der Waals surface area contributed by atoms with Crippen LogP contribution >= 0.6 is 0 Å². The monoisotopic (exact) mass is 404 g/mol. The summed E-state index contributed by atoms with van der Waals surface area (Å²) in [5, 5.41) is 2.91. The summed E-state index contributed by atoms with van der Waals surface area (Å²) in [5.41, 5.74) is 2.25. The molecule has 0 saturated carbocycles. The van der Waals surface area contributed by atoms with Gasteiger partial charge >= 0.3 is 18.0 Å². The number of ether oxygens (including phenoxy) is 3. The number of benzene rings is 1. The molecule has 1 aliphatic rings. The Kier molecular flexibility index (Phi) is 7.25. The van der Waals surface area contributed by atoms with Crippen LogP contribution in [0.4, 0.5) is 10.5 Å². The van der Waals surface area contributed by atoms with Crippen LogP contribution in [-0.2, 0) is 36.6 Å². The lowest BCUT2D eigenvalue weighted by atomic mass is 10.0. The maximum atomic E-state index is 12.4. The number of nitrogens with zero attached hydrogens (tertiary/aromatic N) is 1. The maximum Gasteiger partial charge on any atom is 0.410 e. The molecule has 0 atom stereocenters. The molecule has 29 heavy (non-hydrogen) atoms. The Bertz CT molecular complexity index is 810. The number of rotatable bonds is 4. The Morgan fingerprint density at radius 2 is 1.69 bits per heavy atom. The number of nitrogens with one attached hydrogen (secondary N) is 1. The molecule has 1 aromatic rings. The molecule has 8 heteroatoms. The Morgan fingerprint density at radius 1 is 1.03 bits per heavy atom. The average molecular weight is 404 g/mol. The molecule has 0 bridgehead atoms. The normalized spacial score (nSPS) is 14.4. The Labute approximate surface area is 170 Å². The van der Waals surface area contributed by atoms with E-state index in [1.807, 2.05) is 39.0 Å². The van der Waals surface area contributed by atoms with Crippen molar-refractivity contribution in [1.29, 1.82) is 0 Å². The van der Waals surface area contributed by atoms with Gasteiger partial charge in [0, 0.05) is 18.8 Å². The van der Waals surface area contributed by atoms with Gasteiger partial charge in [-0.3, -0.25) is 0 Å². The highest BCUT2D eigenvalue weighted by atomic mass is 16.6. The number of fused-ring (bicyclic) bond motifs is 1. The first-order chi connectivity index (χ1) is 13.6. The minimum Gasteiger partial charge on any atom is -0.466 e. The van der Waals surface area contributed by atoms with Gasteiger partial charge < -0.3 is 24.4 Å². The number of carbonyl (C=O) groups excluding carboxylic acids is 3. The summed E-state index contributed by atoms with van der Waals surface area (Å²) in [4.78, 5) is 37.5. The first kappa shape index (κ1) is 22.3. The van der Waals surface area contributed by atoms with Crippen molar-refractivity contribution in [2.45, 2.75) is 39.2 Å². The van der Waals surface area contributed by atoms with E-state index < -0.39 is 17.5 Å². The molecule has 1 aromatic carbocycles. The maximum absolute atomic E-state index is 12.4. The molecule has 0 unspecified atom stereocenters. The van der Waals surface area contributed by atoms with Gasteiger partial charge in [-0.05, 0) is 56.9 Å². The van der Waals surface area contributed by atoms with Crippen LogP contribution < -0.4 is 5.32 Å². The zero-order valence-corrected chi connectivity index (χ0v) is 17.5. The molecule has 1 heterocycles. The highest BCUT2D eigenvalue weighted by Gasteiger charge is 2.24. The Morgan fingerprint density at radius 3 is 2.28 bits per heavy atom. The van der Waals surface area contributed by atoms with E-state index in [9.17, 15) is 14.4 Å². The number of esters is 2. The van der Waals surface area contributed by atoms with Crippen molar-refractivity contribution in [3.63, 3.8) is 0 Å². The van der Waals surface area contributed by atoms with Gasteiger partial charge in [-0.1, -0.05) is 6.07 Å². The van der Waals surface area contributed by atoms with Crippen molar-refractivity contribution < 1.29 is 28.6 Å². The van der Waals surface area contributed by atoms with E-state index in [0.717, 1.165) is 17.2 Å². The molecule has 0 aliphatic carbocycles. The Balaban J connectivity index is 2.15. The highest BCUT2D eigenvalue weighted by Crippen LogP contribution is 2.23. The van der Waals surface area contributed by atoms with Gasteiger partial charge in [0.05, 0.1) is 20.3 Å². The lowest BCUT2D eigenvalue weighted by molar-refractivity contribution is -0.138. The van der Waals surface area contributed by atoms with Gasteiger partial charge in [-0.2, -0.15) is 0 Å². The van der Waals surface area contributed by atoms with E-state index in [-0.39, 0.29) is 11.8 Å². The van der Waals surface area contributed by atoms with Crippen molar-refractivity contribution in [1.82, 2.24) is 4.90 Å². The molecule has 1 N–H and O–H groups in total. The predicted molar refractivity (Wildman–Crippen MR) is 107 cm³/mol. The fourth-order valence-electron chi connectivity index (χ4n) is 2.90. The predicted octanol–water partition coefficient (Wildman–Crippen LogP) is 2.66. The van der Waals surface area contributed by atoms with Crippen LogP contribution in [0.25, 0.3) is 0 Å². The number of hydrogen-bond donors (Lipinski definition) is 1. The van der Waals surface area contributed by atoms with Crippen molar-refractivity contribution in [2.75, 3.05) is 32.6 Å². The lowest BCUT2D eigenvalue weighted by Crippen LogP contribution is -2.38. The summed E-state index contributed by atoms with van der Waals surface area (Å²) in [6.07, 6.45) is 2.08. The molecule has 0 aromatic heterocycles. The molecule has 0 radical (unpaired) electrons. The van der Waals surface area contributed by atoms with E-state index in [0.29, 0.717) is 31.6 Å². The summed E-state index contributed by atoms with van der Waals surface area (Å²) in [6.45, 7) is 6.64. The van der Waals surface area contributed by atoms with Gasteiger partial charge in [0.1, 0.15) is 11.3 Å². The zero-order valence-electron chi connectivity index (χ0n) is 17.5. The van der Waals surface area contributed by atoms with Crippen molar-refractivity contribution >= 4 is 23.7 Å². The number of methoxy groups -OCH3 is 2. The van der Waals surface area contributed by atoms with Crippen LogP contribution in [0.3, 0.4) is 0 Å². The van der Waals surface area contributed by atoms with E-state index in [4.69, 9.17) is 9.47 Å². The molecule has 0 saturated heterocycles. The van der Waals surface area contributed by atoms with Crippen molar-refractivity contribution in [3.05, 3.63) is 41.1 Å². The van der Waals surface area contributed by atoms with Gasteiger partial charge in [0.2, 0.25) is 0 Å². The van der Waals surface area contributed by atoms with Gasteiger partial charge in [-0.15, -0.1) is 0 Å². The quantitative estimate of drug-likeness (QED) is 0.468. The van der Waals surface area contributed by atoms with Crippen molar-refractivity contribution in [3.8, 4) is 0 Å². The number of carbonyl (C=O) groups is 3. The first-order valence-corrected chi connectivity index (χ1v) is 9.37. The molecule has 1 aliphatic heterocycles. The lowest BCUT2D eigenvalue weighted by Gasteiger charge is -2.26. The second kappa shape index (κ2) is 9.45. The molecule has 158 valence electrons. The summed E-state index contributed by atoms with van der Waals surface area (Å²) in [5.74, 6) is -1.35. The van der Waals surface area contributed by atoms with Crippen LogP contribution in [0, 0.1) is 0 Å². The fraction of sp³-hybridized carbons (Fsp3) is 0.476. The Hall–Kier alpha value is -3.03. The molecule has 1 amide bonds. The van der Waals surface area contributed by atoms with E-state index >= 15 is 0 Å². The third-order valence-electron chi connectivity index (χ3n) is 4.31. The van der Waals surface area contributed by atoms with Crippen LogP contribution in [-0.4, -0.2) is 55.8 Å². The standard InChI is InChI=1S/C21H28N2O6/c1-21(2,3)29-20(26)23-10-8-14-6-7-16(12-15(14)9-11-23)22-17(19(25)28-5)13-18(24)27-4/h6-7,12-13,22H,8-11H2,1-5H3/b17-13+. The zero-order chi connectivity index (χ0) is 21.6. The smallest absolute Gasteiger partial charge is 0.410 e. The van der Waals surface area contributed by atoms with Gasteiger partial charge in [-0.25, -0.2) is 14.4 Å². The SMILES string of the molecule is COC(=O)/C=C(/Nc1ccc2c(c1)CCN(C(=O)OC(C)(C)C)CC2)C(=O)OC. The minimum atomic E-state index is -0.679. The largest absolute Gasteiger partial charge is 0.466 e. The fourth-order valence-corrected chi connectivity index (χ4v) is 2.90. The van der Waals surface area contributed by atoms with E-state index in [1.54, 1.807) is 4.90 Å². The minimum absolute atomic E-state index is 0.0247. The summed E-state index contributed by atoms with van der Waals surface area (Å²) >= 11 is 0. The molecular weight excluding hydrogens is 376 g/mol. The number of amides is 1. The second-order valence-corrected chi connectivity index (χ2v) is 7.65. The van der Waals surface area contributed by atoms with Crippen molar-refractivity contribution in [2.24, 2.45) is 0 Å². The number of anilines is 1. The molecule has 0 fully saturated rings. The van der Waals surface area contributed by atoms with Gasteiger partial charge in [0.15, 0.2) is 0 Å². The summed E-state index contributed by atoms with van der Waals surface area (Å²) in [7, 11) is 2.46. The second-order valence-electron chi connectivity index (χ2n) is 7.65. The third kappa shape index (κ3) is 6.51. The van der Waals surface area contributed by atoms with Crippen LogP contribution in [0.1, 0.15) is 31.9 Å². The molecule has 2 rings (SSSR count). The average Bonchev–Trinajstić information content (AvgIpc) is 2.87.